The quantitative estimate of drug-likeness (QED) is 0.851. The first kappa shape index (κ1) is 14.6. The van der Waals surface area contributed by atoms with Gasteiger partial charge in [0.05, 0.1) is 5.69 Å². The van der Waals surface area contributed by atoms with Gasteiger partial charge in [0, 0.05) is 17.6 Å². The zero-order valence-corrected chi connectivity index (χ0v) is 13.7. The van der Waals surface area contributed by atoms with Crippen molar-refractivity contribution in [3.05, 3.63) is 28.2 Å². The molecular weight excluding hydrogens is 332 g/mol. The van der Waals surface area contributed by atoms with Crippen molar-refractivity contribution in [3.63, 3.8) is 0 Å². The molecule has 2 aliphatic rings. The molecule has 0 bridgehead atoms. The Kier molecular flexibility index (Phi) is 3.78. The maximum absolute atomic E-state index is 12.6. The third-order valence-corrected chi connectivity index (χ3v) is 5.02. The minimum Gasteiger partial charge on any atom is -0.342 e. The topological polar surface area (TPSA) is 49.4 Å². The van der Waals surface area contributed by atoms with E-state index in [4.69, 9.17) is 0 Å². The molecule has 1 aromatic carbocycles. The van der Waals surface area contributed by atoms with Gasteiger partial charge in [0.25, 0.3) is 0 Å². The van der Waals surface area contributed by atoms with E-state index >= 15 is 0 Å². The van der Waals surface area contributed by atoms with Gasteiger partial charge in [0.2, 0.25) is 11.8 Å². The van der Waals surface area contributed by atoms with Crippen molar-refractivity contribution in [2.24, 2.45) is 5.41 Å². The minimum absolute atomic E-state index is 0.0146. The summed E-state index contributed by atoms with van der Waals surface area (Å²) >= 11 is 3.46. The minimum atomic E-state index is -0.811. The van der Waals surface area contributed by atoms with Crippen LogP contribution in [0.5, 0.6) is 0 Å². The summed E-state index contributed by atoms with van der Waals surface area (Å²) in [5.74, 6) is -0.148. The van der Waals surface area contributed by atoms with Gasteiger partial charge in [-0.25, -0.2) is 0 Å². The van der Waals surface area contributed by atoms with E-state index < -0.39 is 5.41 Å². The van der Waals surface area contributed by atoms with Gasteiger partial charge in [0.15, 0.2) is 0 Å². The van der Waals surface area contributed by atoms with Crippen molar-refractivity contribution in [2.45, 2.75) is 32.6 Å². The number of hydrogen-bond acceptors (Lipinski definition) is 2. The molecule has 4 nitrogen and oxygen atoms in total. The number of carbonyl (C=O) groups is 2. The number of nitrogens with one attached hydrogen (secondary N) is 1. The lowest BCUT2D eigenvalue weighted by molar-refractivity contribution is -0.141. The molecule has 0 atom stereocenters. The van der Waals surface area contributed by atoms with Crippen LogP contribution in [0.3, 0.4) is 0 Å². The number of anilines is 1. The summed E-state index contributed by atoms with van der Waals surface area (Å²) in [5.41, 5.74) is 1.04. The Bertz CT molecular complexity index is 590. The number of likely N-dealkylation sites (tertiary alicyclic amines) is 1. The highest BCUT2D eigenvalue weighted by atomic mass is 79.9. The smallest absolute Gasteiger partial charge is 0.240 e. The molecular formula is C16H19BrN2O2. The van der Waals surface area contributed by atoms with Gasteiger partial charge in [-0.1, -0.05) is 6.07 Å². The first-order valence-corrected chi connectivity index (χ1v) is 8.19. The highest BCUT2D eigenvalue weighted by Gasteiger charge is 2.58. The highest BCUT2D eigenvalue weighted by Crippen LogP contribution is 2.48. The predicted octanol–water partition coefficient (Wildman–Crippen LogP) is 3.10. The molecule has 0 unspecified atom stereocenters. The predicted molar refractivity (Wildman–Crippen MR) is 85.0 cm³/mol. The lowest BCUT2D eigenvalue weighted by Gasteiger charge is -2.22. The van der Waals surface area contributed by atoms with Gasteiger partial charge >= 0.3 is 0 Å². The fraction of sp³-hybridized carbons (Fsp3) is 0.500. The Labute approximate surface area is 133 Å². The lowest BCUT2D eigenvalue weighted by atomic mass is 10.0. The summed E-state index contributed by atoms with van der Waals surface area (Å²) < 4.78 is 0.847. The van der Waals surface area contributed by atoms with Crippen LogP contribution in [0.25, 0.3) is 0 Å². The first-order chi connectivity index (χ1) is 10.0. The molecule has 1 heterocycles. The standard InChI is InChI=1S/C16H19BrN2O2/c1-11-4-5-13(12(17)10-11)18-14(20)16(6-7-16)15(21)19-8-2-3-9-19/h4-5,10H,2-3,6-9H2,1H3,(H,18,20). The van der Waals surface area contributed by atoms with Crippen molar-refractivity contribution in [2.75, 3.05) is 18.4 Å². The lowest BCUT2D eigenvalue weighted by Crippen LogP contribution is -2.41. The molecule has 1 saturated carbocycles. The van der Waals surface area contributed by atoms with E-state index in [1.165, 1.54) is 0 Å². The van der Waals surface area contributed by atoms with Crippen LogP contribution >= 0.6 is 15.9 Å². The van der Waals surface area contributed by atoms with E-state index in [0.717, 1.165) is 41.7 Å². The van der Waals surface area contributed by atoms with E-state index in [1.54, 1.807) is 0 Å². The van der Waals surface area contributed by atoms with Crippen LogP contribution in [-0.4, -0.2) is 29.8 Å². The number of amides is 2. The fourth-order valence-corrected chi connectivity index (χ4v) is 3.44. The van der Waals surface area contributed by atoms with Gasteiger partial charge < -0.3 is 10.2 Å². The molecule has 0 aromatic heterocycles. The second-order valence-electron chi connectivity index (χ2n) is 6.02. The monoisotopic (exact) mass is 350 g/mol. The molecule has 1 N–H and O–H groups in total. The molecule has 1 aliphatic carbocycles. The summed E-state index contributed by atoms with van der Waals surface area (Å²) in [7, 11) is 0. The Morgan fingerprint density at radius 1 is 1.24 bits per heavy atom. The van der Waals surface area contributed by atoms with Crippen LogP contribution in [0.15, 0.2) is 22.7 Å². The number of nitrogens with zero attached hydrogens (tertiary/aromatic N) is 1. The average Bonchev–Trinajstić information content (AvgIpc) is 3.08. The van der Waals surface area contributed by atoms with Gasteiger partial charge in [-0.2, -0.15) is 0 Å². The van der Waals surface area contributed by atoms with Crippen molar-refractivity contribution in [1.29, 1.82) is 0 Å². The SMILES string of the molecule is Cc1ccc(NC(=O)C2(C(=O)N3CCCC3)CC2)c(Br)c1. The number of rotatable bonds is 3. The zero-order valence-electron chi connectivity index (χ0n) is 12.1. The maximum Gasteiger partial charge on any atom is 0.240 e. The summed E-state index contributed by atoms with van der Waals surface area (Å²) in [4.78, 5) is 27.0. The maximum atomic E-state index is 12.6. The van der Waals surface area contributed by atoms with E-state index in [2.05, 4.69) is 21.2 Å². The van der Waals surface area contributed by atoms with Gasteiger partial charge in [-0.05, 0) is 66.2 Å². The van der Waals surface area contributed by atoms with Crippen molar-refractivity contribution in [1.82, 2.24) is 4.90 Å². The average molecular weight is 351 g/mol. The second-order valence-corrected chi connectivity index (χ2v) is 6.87. The van der Waals surface area contributed by atoms with E-state index in [1.807, 2.05) is 30.0 Å². The summed E-state index contributed by atoms with van der Waals surface area (Å²) in [6.07, 6.45) is 3.43. The number of aryl methyl sites for hydroxylation is 1. The number of hydrogen-bond donors (Lipinski definition) is 1. The Balaban J connectivity index is 1.74. The second kappa shape index (κ2) is 5.44. The summed E-state index contributed by atoms with van der Waals surface area (Å²) in [5, 5.41) is 2.91. The van der Waals surface area contributed by atoms with Crippen LogP contribution in [0.1, 0.15) is 31.2 Å². The Morgan fingerprint density at radius 2 is 1.90 bits per heavy atom. The van der Waals surface area contributed by atoms with E-state index in [9.17, 15) is 9.59 Å². The molecule has 2 fully saturated rings. The number of benzene rings is 1. The third-order valence-electron chi connectivity index (χ3n) is 4.36. The normalized spacial score (nSPS) is 19.4. The van der Waals surface area contributed by atoms with E-state index in [0.29, 0.717) is 12.8 Å². The zero-order chi connectivity index (χ0) is 15.0. The van der Waals surface area contributed by atoms with Crippen molar-refractivity contribution >= 4 is 33.4 Å². The van der Waals surface area contributed by atoms with Crippen LogP contribution in [0, 0.1) is 12.3 Å². The van der Waals surface area contributed by atoms with Crippen molar-refractivity contribution < 1.29 is 9.59 Å². The van der Waals surface area contributed by atoms with Gasteiger partial charge in [0.1, 0.15) is 5.41 Å². The van der Waals surface area contributed by atoms with Crippen LogP contribution in [0.2, 0.25) is 0 Å². The third kappa shape index (κ3) is 2.71. The molecule has 5 heteroatoms. The van der Waals surface area contributed by atoms with Crippen LogP contribution in [0.4, 0.5) is 5.69 Å². The van der Waals surface area contributed by atoms with E-state index in [-0.39, 0.29) is 11.8 Å². The molecule has 0 spiro atoms. The molecule has 0 radical (unpaired) electrons. The Morgan fingerprint density at radius 3 is 2.48 bits per heavy atom. The fourth-order valence-electron chi connectivity index (χ4n) is 2.85. The molecule has 1 aromatic rings. The van der Waals surface area contributed by atoms with Crippen LogP contribution in [-0.2, 0) is 9.59 Å². The van der Waals surface area contributed by atoms with Crippen LogP contribution < -0.4 is 5.32 Å². The largest absolute Gasteiger partial charge is 0.342 e. The molecule has 1 saturated heterocycles. The number of halogens is 1. The summed E-state index contributed by atoms with van der Waals surface area (Å²) in [6, 6.07) is 5.77. The molecule has 2 amide bonds. The molecule has 112 valence electrons. The summed E-state index contributed by atoms with van der Waals surface area (Å²) in [6.45, 7) is 3.58. The molecule has 1 aliphatic heterocycles. The Hall–Kier alpha value is -1.36. The molecule has 21 heavy (non-hydrogen) atoms. The highest BCUT2D eigenvalue weighted by molar-refractivity contribution is 9.10. The number of carbonyl (C=O) groups excluding carboxylic acids is 2. The van der Waals surface area contributed by atoms with Gasteiger partial charge in [-0.3, -0.25) is 9.59 Å². The van der Waals surface area contributed by atoms with Crippen molar-refractivity contribution in [3.8, 4) is 0 Å². The molecule has 3 rings (SSSR count). The first-order valence-electron chi connectivity index (χ1n) is 7.40. The van der Waals surface area contributed by atoms with Gasteiger partial charge in [-0.15, -0.1) is 0 Å².